The monoisotopic (exact) mass is 181 g/mol. The lowest BCUT2D eigenvalue weighted by Gasteiger charge is -2.09. The van der Waals surface area contributed by atoms with E-state index >= 15 is 0 Å². The van der Waals surface area contributed by atoms with Crippen LogP contribution in [0.5, 0.6) is 5.75 Å². The number of ether oxygens (including phenoxy) is 3. The van der Waals surface area contributed by atoms with Gasteiger partial charge in [0.25, 0.3) is 0 Å². The van der Waals surface area contributed by atoms with Gasteiger partial charge in [-0.1, -0.05) is 0 Å². The van der Waals surface area contributed by atoms with Gasteiger partial charge >= 0.3 is 0 Å². The number of hydrogen-bond acceptors (Lipinski definition) is 4. The molecule has 0 amide bonds. The maximum Gasteiger partial charge on any atom is 0.191 e. The molecular weight excluding hydrogens is 170 g/mol. The van der Waals surface area contributed by atoms with Crippen molar-refractivity contribution in [3.05, 3.63) is 24.5 Å². The molecule has 0 unspecified atom stereocenters. The Morgan fingerprint density at radius 3 is 3.00 bits per heavy atom. The number of rotatable bonds is 3. The summed E-state index contributed by atoms with van der Waals surface area (Å²) in [5.41, 5.74) is 0. The summed E-state index contributed by atoms with van der Waals surface area (Å²) >= 11 is 0. The number of hydrogen-bond donors (Lipinski definition) is 0. The summed E-state index contributed by atoms with van der Waals surface area (Å²) in [5.74, 6) is 0.738. The van der Waals surface area contributed by atoms with Gasteiger partial charge in [0, 0.05) is 6.20 Å². The van der Waals surface area contributed by atoms with E-state index < -0.39 is 0 Å². The van der Waals surface area contributed by atoms with Crippen molar-refractivity contribution >= 4 is 0 Å². The lowest BCUT2D eigenvalue weighted by Crippen LogP contribution is -2.18. The molecule has 1 aromatic heterocycles. The highest BCUT2D eigenvalue weighted by Gasteiger charge is 2.16. The molecule has 1 aromatic rings. The van der Waals surface area contributed by atoms with E-state index in [1.807, 2.05) is 12.1 Å². The third kappa shape index (κ3) is 2.40. The van der Waals surface area contributed by atoms with Crippen molar-refractivity contribution in [1.82, 2.24) is 4.98 Å². The topological polar surface area (TPSA) is 40.6 Å². The molecule has 0 atom stereocenters. The van der Waals surface area contributed by atoms with E-state index in [2.05, 4.69) is 4.98 Å². The molecule has 1 fully saturated rings. The molecule has 2 rings (SSSR count). The van der Waals surface area contributed by atoms with Crippen LogP contribution in [-0.2, 0) is 9.47 Å². The van der Waals surface area contributed by atoms with Gasteiger partial charge in [0.05, 0.1) is 19.4 Å². The largest absolute Gasteiger partial charge is 0.487 e. The van der Waals surface area contributed by atoms with Crippen molar-refractivity contribution in [3.8, 4) is 5.75 Å². The van der Waals surface area contributed by atoms with Crippen LogP contribution < -0.4 is 4.74 Å². The maximum atomic E-state index is 5.38. The summed E-state index contributed by atoms with van der Waals surface area (Å²) in [4.78, 5) is 3.92. The highest BCUT2D eigenvalue weighted by Crippen LogP contribution is 2.09. The molecule has 4 nitrogen and oxygen atoms in total. The van der Waals surface area contributed by atoms with Crippen molar-refractivity contribution < 1.29 is 14.2 Å². The maximum absolute atomic E-state index is 5.38. The average Bonchev–Trinajstić information content (AvgIpc) is 2.69. The van der Waals surface area contributed by atoms with Gasteiger partial charge in [-0.25, -0.2) is 0 Å². The van der Waals surface area contributed by atoms with Crippen LogP contribution in [0.2, 0.25) is 0 Å². The van der Waals surface area contributed by atoms with E-state index in [0.29, 0.717) is 19.8 Å². The Labute approximate surface area is 76.4 Å². The van der Waals surface area contributed by atoms with Crippen LogP contribution in [0.15, 0.2) is 24.5 Å². The minimum absolute atomic E-state index is 0.222. The van der Waals surface area contributed by atoms with Crippen LogP contribution in [0.4, 0.5) is 0 Å². The van der Waals surface area contributed by atoms with Gasteiger partial charge in [-0.15, -0.1) is 0 Å². The predicted octanol–water partition coefficient (Wildman–Crippen LogP) is 0.833. The predicted molar refractivity (Wildman–Crippen MR) is 45.4 cm³/mol. The second-order valence-corrected chi connectivity index (χ2v) is 2.67. The zero-order chi connectivity index (χ0) is 8.93. The Bertz CT molecular complexity index is 246. The number of aromatic nitrogens is 1. The molecule has 4 heteroatoms. The van der Waals surface area contributed by atoms with Gasteiger partial charge < -0.3 is 14.2 Å². The second kappa shape index (κ2) is 4.20. The average molecular weight is 181 g/mol. The Kier molecular flexibility index (Phi) is 2.74. The summed E-state index contributed by atoms with van der Waals surface area (Å²) in [5, 5.41) is 0. The Balaban J connectivity index is 1.79. The van der Waals surface area contributed by atoms with E-state index in [1.165, 1.54) is 0 Å². The molecular formula is C9H11NO3. The Morgan fingerprint density at radius 1 is 1.46 bits per heavy atom. The van der Waals surface area contributed by atoms with E-state index in [9.17, 15) is 0 Å². The fraction of sp³-hybridized carbons (Fsp3) is 0.444. The SMILES string of the molecule is c1cncc(OCC2OCCO2)c1. The standard InChI is InChI=1S/C9H11NO3/c1-2-8(6-10-3-1)13-7-9-11-4-5-12-9/h1-3,6,9H,4-5,7H2. The highest BCUT2D eigenvalue weighted by molar-refractivity contribution is 5.15. The van der Waals surface area contributed by atoms with Crippen LogP contribution in [-0.4, -0.2) is 31.1 Å². The van der Waals surface area contributed by atoms with Gasteiger partial charge in [-0.05, 0) is 12.1 Å². The van der Waals surface area contributed by atoms with Crippen molar-refractivity contribution in [2.24, 2.45) is 0 Å². The molecule has 2 heterocycles. The summed E-state index contributed by atoms with van der Waals surface area (Å²) < 4.78 is 15.8. The molecule has 1 aliphatic rings. The Hall–Kier alpha value is -1.13. The van der Waals surface area contributed by atoms with Crippen LogP contribution >= 0.6 is 0 Å². The Morgan fingerprint density at radius 2 is 2.31 bits per heavy atom. The fourth-order valence-corrected chi connectivity index (χ4v) is 1.10. The first-order chi connectivity index (χ1) is 6.45. The molecule has 0 radical (unpaired) electrons. The van der Waals surface area contributed by atoms with Crippen LogP contribution in [0.1, 0.15) is 0 Å². The van der Waals surface area contributed by atoms with Crippen molar-refractivity contribution in [2.45, 2.75) is 6.29 Å². The molecule has 0 saturated carbocycles. The van der Waals surface area contributed by atoms with E-state index in [4.69, 9.17) is 14.2 Å². The first-order valence-corrected chi connectivity index (χ1v) is 4.21. The fourth-order valence-electron chi connectivity index (χ4n) is 1.10. The first-order valence-electron chi connectivity index (χ1n) is 4.21. The van der Waals surface area contributed by atoms with Gasteiger partial charge in [-0.2, -0.15) is 0 Å². The number of nitrogens with zero attached hydrogens (tertiary/aromatic N) is 1. The highest BCUT2D eigenvalue weighted by atomic mass is 16.7. The lowest BCUT2D eigenvalue weighted by molar-refractivity contribution is -0.0684. The third-order valence-corrected chi connectivity index (χ3v) is 1.71. The third-order valence-electron chi connectivity index (χ3n) is 1.71. The summed E-state index contributed by atoms with van der Waals surface area (Å²) in [6.45, 7) is 1.73. The smallest absolute Gasteiger partial charge is 0.191 e. The second-order valence-electron chi connectivity index (χ2n) is 2.67. The van der Waals surface area contributed by atoms with Crippen LogP contribution in [0.3, 0.4) is 0 Å². The summed E-state index contributed by atoms with van der Waals surface area (Å²) in [6, 6.07) is 3.67. The first kappa shape index (κ1) is 8.47. The lowest BCUT2D eigenvalue weighted by atomic mass is 10.5. The zero-order valence-electron chi connectivity index (χ0n) is 7.18. The molecule has 13 heavy (non-hydrogen) atoms. The minimum Gasteiger partial charge on any atom is -0.487 e. The van der Waals surface area contributed by atoms with E-state index in [-0.39, 0.29) is 6.29 Å². The van der Waals surface area contributed by atoms with Gasteiger partial charge in [-0.3, -0.25) is 4.98 Å². The van der Waals surface area contributed by atoms with Crippen molar-refractivity contribution in [1.29, 1.82) is 0 Å². The minimum atomic E-state index is -0.222. The van der Waals surface area contributed by atoms with Gasteiger partial charge in [0.2, 0.25) is 0 Å². The van der Waals surface area contributed by atoms with Gasteiger partial charge in [0.1, 0.15) is 12.4 Å². The quantitative estimate of drug-likeness (QED) is 0.692. The molecule has 0 aliphatic carbocycles. The van der Waals surface area contributed by atoms with E-state index in [1.54, 1.807) is 12.4 Å². The summed E-state index contributed by atoms with van der Waals surface area (Å²) in [7, 11) is 0. The van der Waals surface area contributed by atoms with Gasteiger partial charge in [0.15, 0.2) is 6.29 Å². The van der Waals surface area contributed by atoms with Crippen LogP contribution in [0, 0.1) is 0 Å². The zero-order valence-corrected chi connectivity index (χ0v) is 7.18. The molecule has 0 aromatic carbocycles. The molecule has 0 bridgehead atoms. The number of pyridine rings is 1. The molecule has 0 N–H and O–H groups in total. The van der Waals surface area contributed by atoms with Crippen molar-refractivity contribution in [3.63, 3.8) is 0 Å². The summed E-state index contributed by atoms with van der Waals surface area (Å²) in [6.07, 6.45) is 3.14. The normalized spacial score (nSPS) is 17.5. The van der Waals surface area contributed by atoms with Crippen molar-refractivity contribution in [2.75, 3.05) is 19.8 Å². The van der Waals surface area contributed by atoms with Crippen LogP contribution in [0.25, 0.3) is 0 Å². The van der Waals surface area contributed by atoms with E-state index in [0.717, 1.165) is 5.75 Å². The molecule has 1 aliphatic heterocycles. The molecule has 0 spiro atoms. The molecule has 70 valence electrons. The molecule has 1 saturated heterocycles.